The van der Waals surface area contributed by atoms with Gasteiger partial charge in [0, 0.05) is 26.1 Å². The van der Waals surface area contributed by atoms with E-state index in [9.17, 15) is 9.59 Å². The Morgan fingerprint density at radius 3 is 2.44 bits per heavy atom. The first-order valence-corrected chi connectivity index (χ1v) is 6.33. The molecule has 0 atom stereocenters. The Hall–Kier alpha value is -1.78. The lowest BCUT2D eigenvalue weighted by atomic mass is 10.2. The topological polar surface area (TPSA) is 62.6 Å². The average molecular weight is 250 g/mol. The van der Waals surface area contributed by atoms with Crippen LogP contribution >= 0.6 is 0 Å². The molecule has 1 aromatic rings. The van der Waals surface area contributed by atoms with Gasteiger partial charge in [0.2, 0.25) is 5.91 Å². The van der Waals surface area contributed by atoms with Gasteiger partial charge in [-0.1, -0.05) is 12.8 Å². The molecule has 0 radical (unpaired) electrons. The van der Waals surface area contributed by atoms with E-state index in [-0.39, 0.29) is 11.8 Å². The zero-order valence-electron chi connectivity index (χ0n) is 10.6. The number of carbonyl (C=O) groups is 2. The van der Waals surface area contributed by atoms with Crippen LogP contribution in [-0.2, 0) is 4.79 Å². The third-order valence-corrected chi connectivity index (χ3v) is 3.01. The van der Waals surface area contributed by atoms with Gasteiger partial charge in [-0.3, -0.25) is 14.9 Å². The van der Waals surface area contributed by atoms with Crippen molar-refractivity contribution < 1.29 is 14.0 Å². The third-order valence-electron chi connectivity index (χ3n) is 3.01. The van der Waals surface area contributed by atoms with Crippen LogP contribution in [0.25, 0.3) is 0 Å². The molecule has 0 spiro atoms. The van der Waals surface area contributed by atoms with Crippen LogP contribution in [0.4, 0.5) is 5.88 Å². The summed E-state index contributed by atoms with van der Waals surface area (Å²) in [5.41, 5.74) is 0. The molecule has 5 heteroatoms. The number of furan rings is 1. The Labute approximate surface area is 106 Å². The number of hydrogen-bond donors (Lipinski definition) is 1. The molecular weight excluding hydrogens is 232 g/mol. The minimum Gasteiger partial charge on any atom is -0.435 e. The number of amides is 2. The second-order valence-electron chi connectivity index (χ2n) is 4.55. The molecule has 0 aromatic carbocycles. The van der Waals surface area contributed by atoms with Gasteiger partial charge < -0.3 is 9.32 Å². The summed E-state index contributed by atoms with van der Waals surface area (Å²) in [7, 11) is 0. The first-order valence-electron chi connectivity index (χ1n) is 6.33. The summed E-state index contributed by atoms with van der Waals surface area (Å²) in [4.78, 5) is 24.9. The fourth-order valence-electron chi connectivity index (χ4n) is 2.12. The maximum absolute atomic E-state index is 12.2. The third kappa shape index (κ3) is 3.12. The Balaban J connectivity index is 2.03. The molecule has 1 aliphatic rings. The van der Waals surface area contributed by atoms with E-state index in [1.54, 1.807) is 12.1 Å². The minimum absolute atomic E-state index is 0.0893. The van der Waals surface area contributed by atoms with Crippen molar-refractivity contribution in [3.8, 4) is 0 Å². The van der Waals surface area contributed by atoms with Crippen molar-refractivity contribution in [1.29, 1.82) is 0 Å². The van der Waals surface area contributed by atoms with Crippen molar-refractivity contribution in [2.45, 2.75) is 32.6 Å². The van der Waals surface area contributed by atoms with Crippen LogP contribution in [0.5, 0.6) is 0 Å². The molecule has 1 saturated heterocycles. The van der Waals surface area contributed by atoms with Gasteiger partial charge in [-0.25, -0.2) is 0 Å². The summed E-state index contributed by atoms with van der Waals surface area (Å²) < 4.78 is 5.33. The van der Waals surface area contributed by atoms with E-state index in [0.29, 0.717) is 11.6 Å². The van der Waals surface area contributed by atoms with E-state index < -0.39 is 0 Å². The Bertz CT molecular complexity index is 431. The quantitative estimate of drug-likeness (QED) is 0.875. The SMILES string of the molecule is CC(=O)Nc1ccc(C(=O)N2CCCCCC2)o1. The van der Waals surface area contributed by atoms with Gasteiger partial charge in [-0.05, 0) is 18.9 Å². The van der Waals surface area contributed by atoms with Crippen LogP contribution in [0.15, 0.2) is 16.5 Å². The summed E-state index contributed by atoms with van der Waals surface area (Å²) >= 11 is 0. The minimum atomic E-state index is -0.210. The number of nitrogens with zero attached hydrogens (tertiary/aromatic N) is 1. The monoisotopic (exact) mass is 250 g/mol. The molecule has 1 aliphatic heterocycles. The lowest BCUT2D eigenvalue weighted by Crippen LogP contribution is -2.31. The molecule has 5 nitrogen and oxygen atoms in total. The van der Waals surface area contributed by atoms with E-state index in [2.05, 4.69) is 5.32 Å². The van der Waals surface area contributed by atoms with Gasteiger partial charge in [0.1, 0.15) is 0 Å². The van der Waals surface area contributed by atoms with Crippen molar-refractivity contribution in [1.82, 2.24) is 4.90 Å². The van der Waals surface area contributed by atoms with Crippen molar-refractivity contribution in [2.24, 2.45) is 0 Å². The molecule has 2 heterocycles. The number of carbonyl (C=O) groups excluding carboxylic acids is 2. The van der Waals surface area contributed by atoms with Crippen molar-refractivity contribution in [3.05, 3.63) is 17.9 Å². The summed E-state index contributed by atoms with van der Waals surface area (Å²) in [5.74, 6) is 0.313. The maximum Gasteiger partial charge on any atom is 0.289 e. The van der Waals surface area contributed by atoms with Gasteiger partial charge in [0.25, 0.3) is 5.91 Å². The zero-order valence-corrected chi connectivity index (χ0v) is 10.6. The first-order chi connectivity index (χ1) is 8.66. The summed E-state index contributed by atoms with van der Waals surface area (Å²) in [6.07, 6.45) is 4.45. The van der Waals surface area contributed by atoms with Crippen molar-refractivity contribution in [3.63, 3.8) is 0 Å². The fraction of sp³-hybridized carbons (Fsp3) is 0.538. The molecular formula is C13H18N2O3. The Morgan fingerprint density at radius 1 is 1.17 bits per heavy atom. The molecule has 0 saturated carbocycles. The molecule has 2 rings (SSSR count). The van der Waals surface area contributed by atoms with Gasteiger partial charge >= 0.3 is 0 Å². The second-order valence-corrected chi connectivity index (χ2v) is 4.55. The standard InChI is InChI=1S/C13H18N2O3/c1-10(16)14-12-7-6-11(18-12)13(17)15-8-4-2-3-5-9-15/h6-7H,2-5,8-9H2,1H3,(H,14,16). The largest absolute Gasteiger partial charge is 0.435 e. The molecule has 1 N–H and O–H groups in total. The predicted molar refractivity (Wildman–Crippen MR) is 67.4 cm³/mol. The number of likely N-dealkylation sites (tertiary alicyclic amines) is 1. The van der Waals surface area contributed by atoms with Gasteiger partial charge in [-0.2, -0.15) is 0 Å². The molecule has 98 valence electrons. The van der Waals surface area contributed by atoms with E-state index in [1.807, 2.05) is 4.90 Å². The van der Waals surface area contributed by atoms with Gasteiger partial charge in [0.15, 0.2) is 11.6 Å². The van der Waals surface area contributed by atoms with Gasteiger partial charge in [-0.15, -0.1) is 0 Å². The van der Waals surface area contributed by atoms with E-state index >= 15 is 0 Å². The lowest BCUT2D eigenvalue weighted by molar-refractivity contribution is -0.114. The highest BCUT2D eigenvalue weighted by molar-refractivity contribution is 5.93. The average Bonchev–Trinajstić information content (AvgIpc) is 2.63. The van der Waals surface area contributed by atoms with E-state index in [1.165, 1.54) is 19.8 Å². The van der Waals surface area contributed by atoms with Crippen LogP contribution in [0.1, 0.15) is 43.2 Å². The molecule has 0 bridgehead atoms. The molecule has 0 aliphatic carbocycles. The number of anilines is 1. The summed E-state index contributed by atoms with van der Waals surface area (Å²) in [5, 5.41) is 2.52. The van der Waals surface area contributed by atoms with Crippen LogP contribution in [0, 0.1) is 0 Å². The second kappa shape index (κ2) is 5.71. The molecule has 1 fully saturated rings. The van der Waals surface area contributed by atoms with E-state index in [4.69, 9.17) is 4.42 Å². The number of rotatable bonds is 2. The molecule has 18 heavy (non-hydrogen) atoms. The van der Waals surface area contributed by atoms with Crippen LogP contribution in [0.3, 0.4) is 0 Å². The van der Waals surface area contributed by atoms with E-state index in [0.717, 1.165) is 25.9 Å². The normalized spacial score (nSPS) is 16.2. The van der Waals surface area contributed by atoms with Crippen LogP contribution in [0.2, 0.25) is 0 Å². The van der Waals surface area contributed by atoms with Crippen LogP contribution < -0.4 is 5.32 Å². The maximum atomic E-state index is 12.2. The summed E-state index contributed by atoms with van der Waals surface area (Å²) in [6, 6.07) is 3.21. The number of hydrogen-bond acceptors (Lipinski definition) is 3. The number of nitrogens with one attached hydrogen (secondary N) is 1. The van der Waals surface area contributed by atoms with Gasteiger partial charge in [0.05, 0.1) is 0 Å². The Morgan fingerprint density at radius 2 is 1.83 bits per heavy atom. The molecule has 2 amide bonds. The summed E-state index contributed by atoms with van der Waals surface area (Å²) in [6.45, 7) is 2.98. The highest BCUT2D eigenvalue weighted by atomic mass is 16.4. The van der Waals surface area contributed by atoms with Crippen molar-refractivity contribution >= 4 is 17.7 Å². The lowest BCUT2D eigenvalue weighted by Gasteiger charge is -2.18. The highest BCUT2D eigenvalue weighted by Crippen LogP contribution is 2.17. The van der Waals surface area contributed by atoms with Crippen LogP contribution in [-0.4, -0.2) is 29.8 Å². The smallest absolute Gasteiger partial charge is 0.289 e. The highest BCUT2D eigenvalue weighted by Gasteiger charge is 2.20. The van der Waals surface area contributed by atoms with Crippen molar-refractivity contribution in [2.75, 3.05) is 18.4 Å². The molecule has 1 aromatic heterocycles. The fourth-order valence-corrected chi connectivity index (χ4v) is 2.12. The zero-order chi connectivity index (χ0) is 13.0. The molecule has 0 unspecified atom stereocenters. The first kappa shape index (κ1) is 12.7. The Kier molecular flexibility index (Phi) is 4.02. The predicted octanol–water partition coefficient (Wildman–Crippen LogP) is 2.25.